The van der Waals surface area contributed by atoms with E-state index in [1.54, 1.807) is 13.7 Å². The Morgan fingerprint density at radius 2 is 0.957 bits per heavy atom. The fraction of sp³-hybridized carbons (Fsp3) is 1.00. The Hall–Kier alpha value is 5.43. The van der Waals surface area contributed by atoms with Crippen LogP contribution in [-0.4, -0.2) is 13.7 Å². The normalized spacial score (nSPS) is 19.3. The molecule has 0 bridgehead atoms. The van der Waals surface area contributed by atoms with Gasteiger partial charge in [-0.2, -0.15) is 13.5 Å². The number of hydrogen-bond donors (Lipinski definition) is 0. The minimum atomic E-state index is -2.91. The number of nitrogens with zero attached hydrogens (tertiary/aromatic N) is 4. The zero-order chi connectivity index (χ0) is 17.5. The molecule has 0 amide bonds. The summed E-state index contributed by atoms with van der Waals surface area (Å²) in [6, 6.07) is 0. The van der Waals surface area contributed by atoms with Crippen LogP contribution in [0.5, 0.6) is 0 Å². The fourth-order valence-corrected chi connectivity index (χ4v) is 19.3. The standard InChI is InChI=1S/C2H6Cl2NP.2CH4.Cl6N3P3.I3/c1-5-6(2,3)4;;;1-10(2)7-11(3,4)9-12(5,6)8-10;1-3-2/h1-2H3;2*1H4;;/q;;;;-1. The van der Waals surface area contributed by atoms with Crippen LogP contribution >= 0.6 is 151 Å². The first kappa shape index (κ1) is 35.8. The zero-order valence-corrected chi connectivity index (χ0v) is 25.8. The minimum absolute atomic E-state index is 0. The first-order valence-electron chi connectivity index (χ1n) is 3.93. The molecule has 0 aliphatic carbocycles. The maximum absolute atomic E-state index is 5.64. The van der Waals surface area contributed by atoms with Crippen molar-refractivity contribution in [3.05, 3.63) is 0 Å². The number of halogens is 11. The van der Waals surface area contributed by atoms with E-state index in [-0.39, 0.29) is 14.9 Å². The predicted molar refractivity (Wildman–Crippen MR) is 138 cm³/mol. The van der Waals surface area contributed by atoms with Crippen molar-refractivity contribution in [2.24, 2.45) is 18.3 Å². The van der Waals surface area contributed by atoms with Gasteiger partial charge in [0.15, 0.2) is 0 Å². The second-order valence-corrected chi connectivity index (χ2v) is 40.2. The molecule has 0 atom stereocenters. The van der Waals surface area contributed by atoms with E-state index in [0.717, 1.165) is 0 Å². The first-order valence-corrected chi connectivity index (χ1v) is 31.0. The molecule has 1 rings (SSSR count). The molecule has 148 valence electrons. The summed E-state index contributed by atoms with van der Waals surface area (Å²) in [6.45, 7) is 1.72. The zero-order valence-electron chi connectivity index (χ0n) is 9.74. The third kappa shape index (κ3) is 25.4. The van der Waals surface area contributed by atoms with E-state index in [1.165, 1.54) is 0 Å². The van der Waals surface area contributed by atoms with E-state index < -0.39 is 23.5 Å². The maximum atomic E-state index is 5.64. The molecule has 0 radical (unpaired) electrons. The summed E-state index contributed by atoms with van der Waals surface area (Å²) in [5, 5.41) is 0. The van der Waals surface area contributed by atoms with E-state index >= 15 is 0 Å². The molecule has 1 aliphatic rings. The topological polar surface area (TPSA) is 49.4 Å². The van der Waals surface area contributed by atoms with Gasteiger partial charge in [-0.25, -0.2) is 0 Å². The van der Waals surface area contributed by atoms with Gasteiger partial charge in [-0.15, -0.1) is 0 Å². The second-order valence-electron chi connectivity index (χ2n) is 2.64. The van der Waals surface area contributed by atoms with Crippen molar-refractivity contribution in [2.45, 2.75) is 14.9 Å². The van der Waals surface area contributed by atoms with E-state index in [0.29, 0.717) is 13.3 Å². The van der Waals surface area contributed by atoms with E-state index in [1.807, 2.05) is 0 Å². The van der Waals surface area contributed by atoms with Crippen molar-refractivity contribution in [3.63, 3.8) is 0 Å². The fourth-order valence-electron chi connectivity index (χ4n) is 0.442. The van der Waals surface area contributed by atoms with Crippen LogP contribution in [0.15, 0.2) is 18.3 Å². The summed E-state index contributed by atoms with van der Waals surface area (Å²) in [6.07, 6.45) is 0. The Morgan fingerprint density at radius 1 is 0.826 bits per heavy atom. The van der Waals surface area contributed by atoms with Crippen LogP contribution in [0.1, 0.15) is 14.9 Å². The van der Waals surface area contributed by atoms with Gasteiger partial charge in [-0.05, 0) is 74.1 Å². The molecule has 0 saturated heterocycles. The third-order valence-electron chi connectivity index (χ3n) is 0.997. The van der Waals surface area contributed by atoms with Crippen molar-refractivity contribution in [2.75, 3.05) is 13.7 Å². The molecule has 0 aromatic rings. The van der Waals surface area contributed by atoms with Gasteiger partial charge in [0.05, 0.1) is 0 Å². The quantitative estimate of drug-likeness (QED) is 0.172. The van der Waals surface area contributed by atoms with Crippen LogP contribution in [-0.2, 0) is 0 Å². The van der Waals surface area contributed by atoms with Crippen LogP contribution in [0.4, 0.5) is 0 Å². The summed E-state index contributed by atoms with van der Waals surface area (Å²) in [5.41, 5.74) is 0. The van der Waals surface area contributed by atoms with Crippen LogP contribution in [0.3, 0.4) is 0 Å². The van der Waals surface area contributed by atoms with Gasteiger partial charge in [-0.3, -0.25) is 4.74 Å². The second kappa shape index (κ2) is 16.2. The van der Waals surface area contributed by atoms with Gasteiger partial charge in [0, 0.05) is 7.05 Å². The molecular formula is C4H14Cl8I3N4P4-. The summed E-state index contributed by atoms with van der Waals surface area (Å²) < 4.78 is 14.6. The Kier molecular flexibility index (Phi) is 25.2. The van der Waals surface area contributed by atoms with E-state index in [2.05, 4.69) is 55.5 Å². The molecule has 19 heteroatoms. The van der Waals surface area contributed by atoms with Gasteiger partial charge >= 0.3 is 50.5 Å². The molecule has 1 aliphatic heterocycles. The van der Waals surface area contributed by atoms with Crippen molar-refractivity contribution >= 4 is 151 Å². The Labute approximate surface area is 207 Å². The number of hydrogen-bond acceptors (Lipinski definition) is 4. The molecule has 0 aromatic carbocycles. The Bertz CT molecular complexity index is 464. The molecular weight excluding hydrogens is 892 g/mol. The first-order chi connectivity index (χ1) is 9.10. The van der Waals surface area contributed by atoms with Crippen molar-refractivity contribution in [3.8, 4) is 0 Å². The summed E-state index contributed by atoms with van der Waals surface area (Å²) in [4.78, 5) is 0. The van der Waals surface area contributed by atoms with E-state index in [9.17, 15) is 0 Å². The van der Waals surface area contributed by atoms with Crippen molar-refractivity contribution in [1.82, 2.24) is 0 Å². The third-order valence-corrected chi connectivity index (χ3v) is 15.1. The molecule has 0 aromatic heterocycles. The van der Waals surface area contributed by atoms with Gasteiger partial charge < -0.3 is 0 Å². The summed E-state index contributed by atoms with van der Waals surface area (Å²) in [7, 11) is 1.62. The van der Waals surface area contributed by atoms with Crippen LogP contribution < -0.4 is 13.3 Å². The average Bonchev–Trinajstić information content (AvgIpc) is 2.10. The molecule has 1 heterocycles. The molecule has 4 nitrogen and oxygen atoms in total. The molecule has 0 spiro atoms. The van der Waals surface area contributed by atoms with Crippen molar-refractivity contribution in [1.29, 1.82) is 0 Å². The molecule has 23 heavy (non-hydrogen) atoms. The predicted octanol–water partition coefficient (Wildman–Crippen LogP) is 10.1. The molecule has 0 saturated carbocycles. The van der Waals surface area contributed by atoms with Crippen LogP contribution in [0, 0.1) is 0 Å². The van der Waals surface area contributed by atoms with Gasteiger partial charge in [0.2, 0.25) is 0 Å². The Morgan fingerprint density at radius 3 is 1.04 bits per heavy atom. The van der Waals surface area contributed by atoms with E-state index in [4.69, 9.17) is 89.9 Å². The molecule has 0 N–H and O–H groups in total. The SMILES string of the molecule is C.C.CN=P(C)(Cl)Cl.ClP1(Cl)=NP(Cl)(Cl)=NP(Cl)(Cl)=N1.I[I-]I. The van der Waals surface area contributed by atoms with Gasteiger partial charge in [0.1, 0.15) is 5.76 Å². The number of rotatable bonds is 0. The summed E-state index contributed by atoms with van der Waals surface area (Å²) >= 11 is 50.0. The average molecular weight is 906 g/mol. The van der Waals surface area contributed by atoms with Gasteiger partial charge in [-0.1, -0.05) is 37.3 Å². The van der Waals surface area contributed by atoms with Gasteiger partial charge in [0.25, 0.3) is 17.7 Å². The van der Waals surface area contributed by atoms with Crippen molar-refractivity contribution < 1.29 is 13.3 Å². The monoisotopic (exact) mass is 902 g/mol. The summed E-state index contributed by atoms with van der Waals surface area (Å²) in [5.74, 6) is -10.6. The Balaban J connectivity index is -0.000000141. The van der Waals surface area contributed by atoms with Crippen LogP contribution in [0.25, 0.3) is 0 Å². The molecule has 0 fully saturated rings. The van der Waals surface area contributed by atoms with Crippen LogP contribution in [0.2, 0.25) is 0 Å². The molecule has 0 unspecified atom stereocenters.